The summed E-state index contributed by atoms with van der Waals surface area (Å²) in [5, 5.41) is 10.7. The van der Waals surface area contributed by atoms with Gasteiger partial charge in [-0.05, 0) is 72.8 Å². The number of unbranched alkanes of at least 4 members (excludes halogenated alkanes) is 1. The number of ether oxygens (including phenoxy) is 1. The molecule has 5 heteroatoms. The molecule has 3 aromatic rings. The van der Waals surface area contributed by atoms with Crippen molar-refractivity contribution in [3.8, 4) is 5.75 Å². The van der Waals surface area contributed by atoms with Crippen LogP contribution in [-0.2, 0) is 19.4 Å². The first-order chi connectivity index (χ1) is 14.8. The second kappa shape index (κ2) is 8.70. The summed E-state index contributed by atoms with van der Waals surface area (Å²) in [7, 11) is 0. The number of aromatic amines is 1. The number of nitrogens with zero attached hydrogens (tertiary/aromatic N) is 2. The summed E-state index contributed by atoms with van der Waals surface area (Å²) in [4.78, 5) is 8.48. The predicted molar refractivity (Wildman–Crippen MR) is 121 cm³/mol. The topological polar surface area (TPSA) is 51.7 Å². The molecule has 0 atom stereocenters. The van der Waals surface area contributed by atoms with Crippen molar-refractivity contribution in [1.82, 2.24) is 9.88 Å². The number of rotatable bonds is 7. The van der Waals surface area contributed by atoms with Crippen LogP contribution in [0.3, 0.4) is 0 Å². The van der Waals surface area contributed by atoms with E-state index in [1.54, 1.807) is 0 Å². The summed E-state index contributed by atoms with van der Waals surface area (Å²) in [5.74, 6) is 1.07. The predicted octanol–water partition coefficient (Wildman–Crippen LogP) is 3.74. The molecular formula is C25H31N3O2. The fraction of sp³-hybridized carbons (Fsp3) is 0.440. The Morgan fingerprint density at radius 1 is 1.00 bits per heavy atom. The fourth-order valence-electron chi connectivity index (χ4n) is 4.78. The molecule has 0 spiro atoms. The summed E-state index contributed by atoms with van der Waals surface area (Å²) in [5.41, 5.74) is 6.22. The molecule has 0 aliphatic carbocycles. The molecule has 0 bridgehead atoms. The molecule has 3 heterocycles. The van der Waals surface area contributed by atoms with E-state index >= 15 is 0 Å². The minimum Gasteiger partial charge on any atom is -0.493 e. The van der Waals surface area contributed by atoms with Crippen molar-refractivity contribution >= 4 is 16.6 Å². The smallest absolute Gasteiger partial charge is 0.122 e. The third-order valence-corrected chi connectivity index (χ3v) is 6.60. The van der Waals surface area contributed by atoms with E-state index < -0.39 is 0 Å². The third-order valence-electron chi connectivity index (χ3n) is 6.60. The number of benzene rings is 2. The first kappa shape index (κ1) is 19.5. The molecule has 1 saturated heterocycles. The molecule has 2 N–H and O–H groups in total. The molecule has 1 fully saturated rings. The Morgan fingerprint density at radius 3 is 2.77 bits per heavy atom. The lowest BCUT2D eigenvalue weighted by molar-refractivity contribution is 0.253. The van der Waals surface area contributed by atoms with Crippen LogP contribution >= 0.6 is 0 Å². The highest BCUT2D eigenvalue weighted by Gasteiger charge is 2.19. The van der Waals surface area contributed by atoms with Crippen LogP contribution in [0.2, 0.25) is 0 Å². The Bertz CT molecular complexity index is 1000. The highest BCUT2D eigenvalue weighted by atomic mass is 16.5. The van der Waals surface area contributed by atoms with Gasteiger partial charge in [-0.15, -0.1) is 0 Å². The molecule has 0 saturated carbocycles. The molecule has 0 radical (unpaired) electrons. The molecule has 5 rings (SSSR count). The lowest BCUT2D eigenvalue weighted by atomic mass is 10.0. The monoisotopic (exact) mass is 405 g/mol. The first-order valence-electron chi connectivity index (χ1n) is 11.2. The number of H-pyrrole nitrogens is 1. The molecule has 2 aliphatic heterocycles. The lowest BCUT2D eigenvalue weighted by Crippen LogP contribution is -2.46. The van der Waals surface area contributed by atoms with Gasteiger partial charge in [0, 0.05) is 55.4 Å². The van der Waals surface area contributed by atoms with Crippen LogP contribution in [0.4, 0.5) is 5.69 Å². The van der Waals surface area contributed by atoms with Crippen LogP contribution < -0.4 is 9.64 Å². The Morgan fingerprint density at radius 2 is 1.90 bits per heavy atom. The van der Waals surface area contributed by atoms with Gasteiger partial charge in [0.25, 0.3) is 0 Å². The van der Waals surface area contributed by atoms with E-state index in [4.69, 9.17) is 4.74 Å². The summed E-state index contributed by atoms with van der Waals surface area (Å²) in [6.45, 7) is 6.59. The number of piperazine rings is 1. The highest BCUT2D eigenvalue weighted by molar-refractivity contribution is 5.83. The summed E-state index contributed by atoms with van der Waals surface area (Å²) < 4.78 is 5.63. The van der Waals surface area contributed by atoms with Crippen molar-refractivity contribution in [3.63, 3.8) is 0 Å². The summed E-state index contributed by atoms with van der Waals surface area (Å²) in [6, 6.07) is 12.8. The quantitative estimate of drug-likeness (QED) is 0.588. The maximum atomic E-state index is 9.39. The van der Waals surface area contributed by atoms with E-state index in [9.17, 15) is 5.11 Å². The van der Waals surface area contributed by atoms with Crippen molar-refractivity contribution in [2.45, 2.75) is 32.3 Å². The minimum atomic E-state index is 0.103. The number of aliphatic hydroxyl groups is 1. The lowest BCUT2D eigenvalue weighted by Gasteiger charge is -2.36. The first-order valence-corrected chi connectivity index (χ1v) is 11.2. The second-order valence-electron chi connectivity index (χ2n) is 8.53. The molecule has 5 nitrogen and oxygen atoms in total. The van der Waals surface area contributed by atoms with Gasteiger partial charge in [0.2, 0.25) is 0 Å². The van der Waals surface area contributed by atoms with E-state index in [1.165, 1.54) is 41.6 Å². The van der Waals surface area contributed by atoms with Crippen LogP contribution in [0.5, 0.6) is 5.75 Å². The zero-order valence-electron chi connectivity index (χ0n) is 17.6. The SMILES string of the molecule is OCc1ccc2[nH]cc(CCCCN3CCN(c4ccc5c(c4)CCO5)CC3)c2c1. The second-order valence-corrected chi connectivity index (χ2v) is 8.53. The standard InChI is InChI=1S/C25H31N3O2/c29-18-19-4-6-24-23(15-19)21(17-26-24)3-1-2-9-27-10-12-28(13-11-27)22-5-7-25-20(16-22)8-14-30-25/h4-7,15-17,26,29H,1-3,8-14,18H2. The fourth-order valence-corrected chi connectivity index (χ4v) is 4.78. The minimum absolute atomic E-state index is 0.103. The van der Waals surface area contributed by atoms with Gasteiger partial charge < -0.3 is 19.7 Å². The Hall–Kier alpha value is -2.50. The number of hydrogen-bond acceptors (Lipinski definition) is 4. The van der Waals surface area contributed by atoms with Crippen LogP contribution in [0.1, 0.15) is 29.5 Å². The molecule has 30 heavy (non-hydrogen) atoms. The number of anilines is 1. The number of aliphatic hydroxyl groups excluding tert-OH is 1. The van der Waals surface area contributed by atoms with Gasteiger partial charge in [-0.3, -0.25) is 4.90 Å². The van der Waals surface area contributed by atoms with Crippen molar-refractivity contribution in [1.29, 1.82) is 0 Å². The van der Waals surface area contributed by atoms with E-state index in [2.05, 4.69) is 51.3 Å². The summed E-state index contributed by atoms with van der Waals surface area (Å²) >= 11 is 0. The number of aryl methyl sites for hydroxylation is 1. The van der Waals surface area contributed by atoms with Crippen molar-refractivity contribution in [2.24, 2.45) is 0 Å². The maximum absolute atomic E-state index is 9.39. The van der Waals surface area contributed by atoms with Crippen LogP contribution in [0.25, 0.3) is 10.9 Å². The van der Waals surface area contributed by atoms with Gasteiger partial charge in [-0.1, -0.05) is 6.07 Å². The normalized spacial score (nSPS) is 16.8. The Balaban J connectivity index is 1.08. The van der Waals surface area contributed by atoms with Gasteiger partial charge in [0.1, 0.15) is 5.75 Å². The van der Waals surface area contributed by atoms with E-state index in [1.807, 2.05) is 6.07 Å². The number of fused-ring (bicyclic) bond motifs is 2. The van der Waals surface area contributed by atoms with Crippen molar-refractivity contribution in [2.75, 3.05) is 44.2 Å². The molecule has 0 unspecified atom stereocenters. The largest absolute Gasteiger partial charge is 0.493 e. The highest BCUT2D eigenvalue weighted by Crippen LogP contribution is 2.30. The molecule has 1 aromatic heterocycles. The zero-order chi connectivity index (χ0) is 20.3. The number of nitrogens with one attached hydrogen (secondary N) is 1. The van der Waals surface area contributed by atoms with Crippen LogP contribution in [0.15, 0.2) is 42.6 Å². The van der Waals surface area contributed by atoms with Crippen LogP contribution in [-0.4, -0.2) is 54.3 Å². The molecule has 0 amide bonds. The average Bonchev–Trinajstić information content (AvgIpc) is 3.43. The maximum Gasteiger partial charge on any atom is 0.122 e. The number of hydrogen-bond donors (Lipinski definition) is 2. The number of aromatic nitrogens is 1. The average molecular weight is 406 g/mol. The summed E-state index contributed by atoms with van der Waals surface area (Å²) in [6.07, 6.45) is 6.68. The van der Waals surface area contributed by atoms with Crippen LogP contribution in [0, 0.1) is 0 Å². The zero-order valence-corrected chi connectivity index (χ0v) is 17.6. The van der Waals surface area contributed by atoms with Crippen molar-refractivity contribution < 1.29 is 9.84 Å². The molecular weight excluding hydrogens is 374 g/mol. The third kappa shape index (κ3) is 4.05. The van der Waals surface area contributed by atoms with E-state index in [-0.39, 0.29) is 6.61 Å². The molecule has 158 valence electrons. The molecule has 2 aromatic carbocycles. The van der Waals surface area contributed by atoms with Gasteiger partial charge >= 0.3 is 0 Å². The van der Waals surface area contributed by atoms with Gasteiger partial charge in [-0.25, -0.2) is 0 Å². The van der Waals surface area contributed by atoms with Gasteiger partial charge in [-0.2, -0.15) is 0 Å². The van der Waals surface area contributed by atoms with E-state index in [0.29, 0.717) is 0 Å². The Labute approximate surface area is 178 Å². The van der Waals surface area contributed by atoms with Gasteiger partial charge in [0.05, 0.1) is 13.2 Å². The van der Waals surface area contributed by atoms with Gasteiger partial charge in [0.15, 0.2) is 0 Å². The molecule has 2 aliphatic rings. The van der Waals surface area contributed by atoms with Crippen molar-refractivity contribution in [3.05, 3.63) is 59.3 Å². The Kier molecular flexibility index (Phi) is 5.65. The van der Waals surface area contributed by atoms with E-state index in [0.717, 1.165) is 62.5 Å².